The zero-order chi connectivity index (χ0) is 34.9. The highest BCUT2D eigenvalue weighted by Crippen LogP contribution is 2.29. The van der Waals surface area contributed by atoms with Crippen LogP contribution in [0.3, 0.4) is 0 Å². The van der Waals surface area contributed by atoms with Gasteiger partial charge in [-0.3, -0.25) is 14.2 Å². The lowest BCUT2D eigenvalue weighted by molar-refractivity contribution is -0.133. The third-order valence-corrected chi connectivity index (χ3v) is 9.15. The first kappa shape index (κ1) is 36.1. The molecular weight excluding hydrogens is 657 g/mol. The molecule has 0 aliphatic carbocycles. The standard InChI is InChI=1S/C39H43Cl2N5O3/c1-5-49-31-18-16-30(17-19-31)46-38(42-35-14-10-9-13-32(35)39(46)48)36(21-22-44(4)27-28-11-7-6-8-12-28)45(24-23-43(2)3)37(47)26-29-15-20-33(40)34(41)25-29/h6-20,25,36H,5,21-24,26-27H2,1-4H3. The van der Waals surface area contributed by atoms with Crippen molar-refractivity contribution in [3.8, 4) is 11.4 Å². The Morgan fingerprint density at radius 3 is 2.24 bits per heavy atom. The maximum atomic E-state index is 14.5. The van der Waals surface area contributed by atoms with E-state index in [2.05, 4.69) is 24.1 Å². The van der Waals surface area contributed by atoms with Crippen molar-refractivity contribution in [2.45, 2.75) is 32.4 Å². The van der Waals surface area contributed by atoms with Gasteiger partial charge in [-0.05, 0) is 94.1 Å². The molecule has 5 rings (SSSR count). The van der Waals surface area contributed by atoms with Crippen molar-refractivity contribution in [1.29, 1.82) is 0 Å². The average Bonchev–Trinajstić information content (AvgIpc) is 3.09. The van der Waals surface area contributed by atoms with Crippen LogP contribution in [-0.2, 0) is 17.8 Å². The van der Waals surface area contributed by atoms with Crippen LogP contribution in [0.4, 0.5) is 0 Å². The first-order chi connectivity index (χ1) is 23.6. The highest BCUT2D eigenvalue weighted by molar-refractivity contribution is 6.42. The molecule has 49 heavy (non-hydrogen) atoms. The minimum atomic E-state index is -0.544. The summed E-state index contributed by atoms with van der Waals surface area (Å²) < 4.78 is 7.36. The molecule has 0 radical (unpaired) electrons. The Kier molecular flexibility index (Phi) is 12.5. The van der Waals surface area contributed by atoms with Gasteiger partial charge in [-0.25, -0.2) is 4.98 Å². The van der Waals surface area contributed by atoms with Crippen LogP contribution in [0.5, 0.6) is 5.75 Å². The maximum absolute atomic E-state index is 14.5. The summed E-state index contributed by atoms with van der Waals surface area (Å²) in [6, 6.07) is 29.8. The molecule has 5 aromatic rings. The second-order valence-electron chi connectivity index (χ2n) is 12.4. The summed E-state index contributed by atoms with van der Waals surface area (Å²) in [6.07, 6.45) is 0.646. The number of likely N-dealkylation sites (N-methyl/N-ethyl adjacent to an activating group) is 1. The molecule has 1 aromatic heterocycles. The van der Waals surface area contributed by atoms with Crippen LogP contribution in [0.25, 0.3) is 16.6 Å². The van der Waals surface area contributed by atoms with Gasteiger partial charge >= 0.3 is 0 Å². The molecule has 0 saturated heterocycles. The molecule has 10 heteroatoms. The van der Waals surface area contributed by atoms with E-state index in [4.69, 9.17) is 32.9 Å². The van der Waals surface area contributed by atoms with Gasteiger partial charge < -0.3 is 19.4 Å². The second kappa shape index (κ2) is 16.9. The highest BCUT2D eigenvalue weighted by atomic mass is 35.5. The SMILES string of the molecule is CCOc1ccc(-n2c(C(CCN(C)Cc3ccccc3)N(CCN(C)C)C(=O)Cc3ccc(Cl)c(Cl)c3)nc3ccccc3c2=O)cc1. The molecule has 0 N–H and O–H groups in total. The summed E-state index contributed by atoms with van der Waals surface area (Å²) in [5, 5.41) is 1.33. The first-order valence-corrected chi connectivity index (χ1v) is 17.3. The number of carbonyl (C=O) groups excluding carboxylic acids is 1. The summed E-state index contributed by atoms with van der Waals surface area (Å²) in [7, 11) is 6.03. The molecule has 1 unspecified atom stereocenters. The van der Waals surface area contributed by atoms with E-state index >= 15 is 0 Å². The highest BCUT2D eigenvalue weighted by Gasteiger charge is 2.31. The molecule has 0 saturated carbocycles. The molecule has 0 aliphatic rings. The lowest BCUT2D eigenvalue weighted by Crippen LogP contribution is -2.43. The molecule has 1 heterocycles. The molecule has 8 nitrogen and oxygen atoms in total. The summed E-state index contributed by atoms with van der Waals surface area (Å²) in [5.74, 6) is 1.11. The predicted octanol–water partition coefficient (Wildman–Crippen LogP) is 7.29. The second-order valence-corrected chi connectivity index (χ2v) is 13.2. The third-order valence-electron chi connectivity index (χ3n) is 8.41. The number of rotatable bonds is 15. The Morgan fingerprint density at radius 1 is 0.837 bits per heavy atom. The van der Waals surface area contributed by atoms with Crippen LogP contribution in [-0.4, -0.2) is 77.5 Å². The number of amides is 1. The van der Waals surface area contributed by atoms with Gasteiger partial charge in [-0.15, -0.1) is 0 Å². The van der Waals surface area contributed by atoms with Crippen molar-refractivity contribution >= 4 is 40.0 Å². The maximum Gasteiger partial charge on any atom is 0.266 e. The quantitative estimate of drug-likeness (QED) is 0.114. The molecule has 1 amide bonds. The van der Waals surface area contributed by atoms with Gasteiger partial charge in [0.2, 0.25) is 5.91 Å². The lowest BCUT2D eigenvalue weighted by Gasteiger charge is -2.35. The van der Waals surface area contributed by atoms with E-state index in [1.165, 1.54) is 5.56 Å². The van der Waals surface area contributed by atoms with Crippen LogP contribution < -0.4 is 10.3 Å². The summed E-state index contributed by atoms with van der Waals surface area (Å²) in [5.41, 5.74) is 2.98. The van der Waals surface area contributed by atoms with E-state index in [1.54, 1.807) is 22.8 Å². The monoisotopic (exact) mass is 699 g/mol. The Bertz CT molecular complexity index is 1910. The van der Waals surface area contributed by atoms with Crippen molar-refractivity contribution in [3.63, 3.8) is 0 Å². The number of hydrogen-bond acceptors (Lipinski definition) is 6. The van der Waals surface area contributed by atoms with Crippen LogP contribution >= 0.6 is 23.2 Å². The zero-order valence-electron chi connectivity index (χ0n) is 28.5. The lowest BCUT2D eigenvalue weighted by atomic mass is 10.1. The molecule has 0 bridgehead atoms. The normalized spacial score (nSPS) is 12.1. The number of carbonyl (C=O) groups is 1. The van der Waals surface area contributed by atoms with Gasteiger partial charge in [0.05, 0.1) is 45.7 Å². The summed E-state index contributed by atoms with van der Waals surface area (Å²) in [4.78, 5) is 40.2. The van der Waals surface area contributed by atoms with Gasteiger partial charge in [0.1, 0.15) is 11.6 Å². The van der Waals surface area contributed by atoms with Crippen molar-refractivity contribution in [2.75, 3.05) is 47.4 Å². The molecule has 0 aliphatic heterocycles. The number of fused-ring (bicyclic) bond motifs is 1. The number of halogens is 2. The van der Waals surface area contributed by atoms with Gasteiger partial charge in [0.25, 0.3) is 5.56 Å². The van der Waals surface area contributed by atoms with Gasteiger partial charge in [-0.1, -0.05) is 71.7 Å². The van der Waals surface area contributed by atoms with E-state index in [0.29, 0.717) is 70.9 Å². The summed E-state index contributed by atoms with van der Waals surface area (Å²) in [6.45, 7) is 4.88. The fraction of sp³-hybridized carbons (Fsp3) is 0.308. The summed E-state index contributed by atoms with van der Waals surface area (Å²) >= 11 is 12.6. The topological polar surface area (TPSA) is 70.9 Å². The van der Waals surface area contributed by atoms with Crippen molar-refractivity contribution in [1.82, 2.24) is 24.3 Å². The van der Waals surface area contributed by atoms with E-state index in [0.717, 1.165) is 12.1 Å². The number of benzene rings is 4. The fourth-order valence-electron chi connectivity index (χ4n) is 5.91. The van der Waals surface area contributed by atoms with Gasteiger partial charge in [0, 0.05) is 26.2 Å². The number of hydrogen-bond donors (Lipinski definition) is 0. The smallest absolute Gasteiger partial charge is 0.266 e. The molecule has 0 spiro atoms. The van der Waals surface area contributed by atoms with E-state index < -0.39 is 6.04 Å². The minimum Gasteiger partial charge on any atom is -0.494 e. The Balaban J connectivity index is 1.64. The molecule has 1 atom stereocenters. The van der Waals surface area contributed by atoms with Crippen LogP contribution in [0, 0.1) is 0 Å². The Morgan fingerprint density at radius 2 is 1.55 bits per heavy atom. The average molecular weight is 701 g/mol. The van der Waals surface area contributed by atoms with Crippen LogP contribution in [0.15, 0.2) is 102 Å². The zero-order valence-corrected chi connectivity index (χ0v) is 30.0. The van der Waals surface area contributed by atoms with Crippen LogP contribution in [0.1, 0.15) is 36.3 Å². The van der Waals surface area contributed by atoms with Gasteiger partial charge in [-0.2, -0.15) is 0 Å². The fourth-order valence-corrected chi connectivity index (χ4v) is 6.23. The predicted molar refractivity (Wildman–Crippen MR) is 199 cm³/mol. The number of aromatic nitrogens is 2. The Hall–Kier alpha value is -4.21. The van der Waals surface area contributed by atoms with Crippen molar-refractivity contribution < 1.29 is 9.53 Å². The number of ether oxygens (including phenoxy) is 1. The van der Waals surface area contributed by atoms with Crippen molar-refractivity contribution in [3.05, 3.63) is 134 Å². The first-order valence-electron chi connectivity index (χ1n) is 16.5. The molecule has 4 aromatic carbocycles. The number of nitrogens with zero attached hydrogens (tertiary/aromatic N) is 5. The third kappa shape index (κ3) is 9.28. The number of para-hydroxylation sites is 1. The van der Waals surface area contributed by atoms with Crippen LogP contribution in [0.2, 0.25) is 10.0 Å². The Labute approximate surface area is 298 Å². The van der Waals surface area contributed by atoms with E-state index in [1.807, 2.05) is 97.5 Å². The molecule has 0 fully saturated rings. The minimum absolute atomic E-state index is 0.100. The van der Waals surface area contributed by atoms with E-state index in [-0.39, 0.29) is 17.9 Å². The van der Waals surface area contributed by atoms with Gasteiger partial charge in [0.15, 0.2) is 0 Å². The molecular formula is C39H43Cl2N5O3. The molecule has 256 valence electrons. The van der Waals surface area contributed by atoms with E-state index in [9.17, 15) is 9.59 Å². The van der Waals surface area contributed by atoms with Crippen molar-refractivity contribution in [2.24, 2.45) is 0 Å². The largest absolute Gasteiger partial charge is 0.494 e.